The summed E-state index contributed by atoms with van der Waals surface area (Å²) in [4.78, 5) is 23.0. The number of carbonyl (C=O) groups is 2. The maximum absolute atomic E-state index is 11.5. The van der Waals surface area contributed by atoms with Crippen LogP contribution in [0.2, 0.25) is 0 Å². The highest BCUT2D eigenvalue weighted by molar-refractivity contribution is 7.80. The number of rotatable bonds is 8. The van der Waals surface area contributed by atoms with Crippen molar-refractivity contribution in [1.29, 1.82) is 0 Å². The van der Waals surface area contributed by atoms with Gasteiger partial charge in [-0.2, -0.15) is 0 Å². The molecule has 0 bridgehead atoms. The third kappa shape index (κ3) is 6.71. The predicted octanol–water partition coefficient (Wildman–Crippen LogP) is 0.342. The molecule has 0 aliphatic rings. The maximum Gasteiger partial charge on any atom is 0.257 e. The van der Waals surface area contributed by atoms with E-state index in [1.165, 1.54) is 0 Å². The quantitative estimate of drug-likeness (QED) is 0.602. The van der Waals surface area contributed by atoms with Gasteiger partial charge in [0.1, 0.15) is 10.7 Å². The Morgan fingerprint density at radius 1 is 1.19 bits per heavy atom. The molecule has 1 aromatic rings. The van der Waals surface area contributed by atoms with Crippen molar-refractivity contribution in [3.8, 4) is 5.75 Å². The van der Waals surface area contributed by atoms with Gasteiger partial charge in [0.05, 0.1) is 0 Å². The number of carbonyl (C=O) groups excluding carboxylic acids is 2. The molecular formula is C14H19N3O3S. The van der Waals surface area contributed by atoms with Gasteiger partial charge in [-0.25, -0.2) is 0 Å². The van der Waals surface area contributed by atoms with Crippen LogP contribution >= 0.6 is 12.2 Å². The molecule has 2 amide bonds. The normalized spacial score (nSPS) is 9.76. The second-order valence-corrected chi connectivity index (χ2v) is 4.67. The molecule has 0 atom stereocenters. The van der Waals surface area contributed by atoms with Crippen molar-refractivity contribution in [1.82, 2.24) is 10.6 Å². The highest BCUT2D eigenvalue weighted by Crippen LogP contribution is 2.11. The summed E-state index contributed by atoms with van der Waals surface area (Å²) >= 11 is 4.84. The summed E-state index contributed by atoms with van der Waals surface area (Å²) in [6, 6.07) is 6.84. The van der Waals surface area contributed by atoms with Gasteiger partial charge in [-0.3, -0.25) is 9.59 Å². The Kier molecular flexibility index (Phi) is 7.17. The lowest BCUT2D eigenvalue weighted by Gasteiger charge is -2.08. The lowest BCUT2D eigenvalue weighted by Crippen LogP contribution is -2.33. The summed E-state index contributed by atoms with van der Waals surface area (Å²) in [7, 11) is 0. The molecule has 1 aromatic carbocycles. The zero-order valence-electron chi connectivity index (χ0n) is 11.8. The minimum Gasteiger partial charge on any atom is -0.484 e. The fraction of sp³-hybridized carbons (Fsp3) is 0.357. The summed E-state index contributed by atoms with van der Waals surface area (Å²) in [5, 5.41) is 5.26. The van der Waals surface area contributed by atoms with E-state index in [-0.39, 0.29) is 31.4 Å². The van der Waals surface area contributed by atoms with Crippen molar-refractivity contribution < 1.29 is 14.3 Å². The first-order valence-electron chi connectivity index (χ1n) is 6.59. The molecule has 4 N–H and O–H groups in total. The molecule has 0 heterocycles. The average Bonchev–Trinajstić information content (AvgIpc) is 2.46. The Bertz CT molecular complexity index is 503. The summed E-state index contributed by atoms with van der Waals surface area (Å²) in [6.45, 7) is 2.60. The number of nitrogens with one attached hydrogen (secondary N) is 2. The predicted molar refractivity (Wildman–Crippen MR) is 84.1 cm³/mol. The van der Waals surface area contributed by atoms with Crippen LogP contribution in [-0.4, -0.2) is 36.5 Å². The SMILES string of the molecule is CCNC(=O)CCNC(=O)COc1ccc(C(N)=S)cc1. The first-order valence-corrected chi connectivity index (χ1v) is 6.99. The zero-order chi connectivity index (χ0) is 15.7. The third-order valence-electron chi connectivity index (χ3n) is 2.56. The fourth-order valence-electron chi connectivity index (χ4n) is 1.52. The van der Waals surface area contributed by atoms with Crippen molar-refractivity contribution in [2.24, 2.45) is 5.73 Å². The molecule has 1 rings (SSSR count). The second kappa shape index (κ2) is 8.91. The first-order chi connectivity index (χ1) is 10.0. The van der Waals surface area contributed by atoms with E-state index >= 15 is 0 Å². The van der Waals surface area contributed by atoms with Crippen molar-refractivity contribution >= 4 is 29.0 Å². The summed E-state index contributed by atoms with van der Waals surface area (Å²) < 4.78 is 5.31. The molecule has 0 unspecified atom stereocenters. The molecule has 7 heteroatoms. The Morgan fingerprint density at radius 2 is 1.86 bits per heavy atom. The van der Waals surface area contributed by atoms with Gasteiger partial charge in [-0.15, -0.1) is 0 Å². The van der Waals surface area contributed by atoms with E-state index < -0.39 is 0 Å². The summed E-state index contributed by atoms with van der Waals surface area (Å²) in [5.74, 6) is 0.179. The highest BCUT2D eigenvalue weighted by atomic mass is 32.1. The number of amides is 2. The van der Waals surface area contributed by atoms with Gasteiger partial charge in [-0.1, -0.05) is 12.2 Å². The lowest BCUT2D eigenvalue weighted by molar-refractivity contribution is -0.123. The van der Waals surface area contributed by atoms with E-state index in [1.807, 2.05) is 6.92 Å². The Balaban J connectivity index is 2.26. The number of nitrogens with two attached hydrogens (primary N) is 1. The molecule has 0 saturated heterocycles. The minimum absolute atomic E-state index is 0.0907. The highest BCUT2D eigenvalue weighted by Gasteiger charge is 2.05. The average molecular weight is 309 g/mol. The van der Waals surface area contributed by atoms with Crippen molar-refractivity contribution in [3.05, 3.63) is 29.8 Å². The molecule has 0 aliphatic heterocycles. The number of hydrogen-bond acceptors (Lipinski definition) is 4. The van der Waals surface area contributed by atoms with Crippen LogP contribution in [0.5, 0.6) is 5.75 Å². The molecule has 0 saturated carbocycles. The number of benzene rings is 1. The van der Waals surface area contributed by atoms with E-state index in [4.69, 9.17) is 22.7 Å². The van der Waals surface area contributed by atoms with Crippen molar-refractivity contribution in [2.45, 2.75) is 13.3 Å². The first kappa shape index (κ1) is 16.9. The summed E-state index contributed by atoms with van der Waals surface area (Å²) in [6.07, 6.45) is 0.252. The van der Waals surface area contributed by atoms with Crippen LogP contribution in [0.15, 0.2) is 24.3 Å². The molecule has 6 nitrogen and oxygen atoms in total. The van der Waals surface area contributed by atoms with Crippen LogP contribution in [0.4, 0.5) is 0 Å². The Morgan fingerprint density at radius 3 is 2.43 bits per heavy atom. The minimum atomic E-state index is -0.280. The smallest absolute Gasteiger partial charge is 0.257 e. The third-order valence-corrected chi connectivity index (χ3v) is 2.79. The number of hydrogen-bond donors (Lipinski definition) is 3. The van der Waals surface area contributed by atoms with Crippen LogP contribution in [0.25, 0.3) is 0 Å². The molecule has 0 aromatic heterocycles. The van der Waals surface area contributed by atoms with Gasteiger partial charge >= 0.3 is 0 Å². The summed E-state index contributed by atoms with van der Waals surface area (Å²) in [5.41, 5.74) is 6.22. The molecule has 0 spiro atoms. The number of ether oxygens (including phenoxy) is 1. The molecule has 0 fully saturated rings. The van der Waals surface area contributed by atoms with Gasteiger partial charge in [-0.05, 0) is 31.2 Å². The van der Waals surface area contributed by atoms with E-state index in [0.29, 0.717) is 17.3 Å². The van der Waals surface area contributed by atoms with Crippen molar-refractivity contribution in [3.63, 3.8) is 0 Å². The second-order valence-electron chi connectivity index (χ2n) is 4.23. The van der Waals surface area contributed by atoms with Gasteiger partial charge in [0.15, 0.2) is 6.61 Å². The molecule has 0 aliphatic carbocycles. The zero-order valence-corrected chi connectivity index (χ0v) is 12.7. The maximum atomic E-state index is 11.5. The molecule has 21 heavy (non-hydrogen) atoms. The largest absolute Gasteiger partial charge is 0.484 e. The molecule has 0 radical (unpaired) electrons. The van der Waals surface area contributed by atoms with E-state index in [2.05, 4.69) is 10.6 Å². The van der Waals surface area contributed by atoms with Crippen LogP contribution in [0.1, 0.15) is 18.9 Å². The Hall–Kier alpha value is -2.15. The Labute approximate surface area is 129 Å². The van der Waals surface area contributed by atoms with Gasteiger partial charge in [0.2, 0.25) is 5.91 Å². The van der Waals surface area contributed by atoms with Crippen LogP contribution in [0, 0.1) is 0 Å². The standard InChI is InChI=1S/C14H19N3O3S/c1-2-16-12(18)7-8-17-13(19)9-20-11-5-3-10(4-6-11)14(15)21/h3-6H,2,7-9H2,1H3,(H2,15,21)(H,16,18)(H,17,19). The lowest BCUT2D eigenvalue weighted by atomic mass is 10.2. The van der Waals surface area contributed by atoms with Crippen molar-refractivity contribution in [2.75, 3.05) is 19.7 Å². The van der Waals surface area contributed by atoms with E-state index in [1.54, 1.807) is 24.3 Å². The van der Waals surface area contributed by atoms with Gasteiger partial charge in [0.25, 0.3) is 5.91 Å². The molecular weight excluding hydrogens is 290 g/mol. The van der Waals surface area contributed by atoms with E-state index in [9.17, 15) is 9.59 Å². The van der Waals surface area contributed by atoms with Crippen LogP contribution in [0.3, 0.4) is 0 Å². The van der Waals surface area contributed by atoms with Crippen LogP contribution < -0.4 is 21.1 Å². The van der Waals surface area contributed by atoms with Gasteiger partial charge in [0, 0.05) is 25.1 Å². The fourth-order valence-corrected chi connectivity index (χ4v) is 1.65. The van der Waals surface area contributed by atoms with E-state index in [0.717, 1.165) is 5.56 Å². The monoisotopic (exact) mass is 309 g/mol. The molecule has 114 valence electrons. The number of thiocarbonyl (C=S) groups is 1. The topological polar surface area (TPSA) is 93.5 Å². The van der Waals surface area contributed by atoms with Gasteiger partial charge < -0.3 is 21.1 Å². The van der Waals surface area contributed by atoms with Crippen LogP contribution in [-0.2, 0) is 9.59 Å².